The first-order valence-electron chi connectivity index (χ1n) is 6.92. The van der Waals surface area contributed by atoms with E-state index in [4.69, 9.17) is 4.74 Å². The summed E-state index contributed by atoms with van der Waals surface area (Å²) in [6.07, 6.45) is 0. The lowest BCUT2D eigenvalue weighted by atomic mass is 10.2. The molecule has 1 heterocycles. The highest BCUT2D eigenvalue weighted by molar-refractivity contribution is 9.10. The SMILES string of the molecule is O=C(OCc1ccccc1)[C@]1(S(=O)(=O)c2ccc(Br)cc2)CN1. The zero-order valence-electron chi connectivity index (χ0n) is 12.0. The second kappa shape index (κ2) is 6.07. The van der Waals surface area contributed by atoms with Gasteiger partial charge in [0.15, 0.2) is 0 Å². The molecule has 3 rings (SSSR count). The molecular formula is C16H14BrNO4S. The molecule has 0 radical (unpaired) electrons. The van der Waals surface area contributed by atoms with Gasteiger partial charge in [-0.1, -0.05) is 46.3 Å². The van der Waals surface area contributed by atoms with E-state index in [2.05, 4.69) is 21.2 Å². The van der Waals surface area contributed by atoms with Crippen LogP contribution in [-0.2, 0) is 26.0 Å². The minimum atomic E-state index is -3.85. The Morgan fingerprint density at radius 1 is 1.13 bits per heavy atom. The highest BCUT2D eigenvalue weighted by Crippen LogP contribution is 2.33. The molecule has 7 heteroatoms. The van der Waals surface area contributed by atoms with Crippen LogP contribution in [0.1, 0.15) is 5.56 Å². The molecular weight excluding hydrogens is 382 g/mol. The molecule has 1 atom stereocenters. The van der Waals surface area contributed by atoms with Crippen molar-refractivity contribution in [1.29, 1.82) is 0 Å². The van der Waals surface area contributed by atoms with E-state index in [1.54, 1.807) is 12.1 Å². The second-order valence-electron chi connectivity index (χ2n) is 5.20. The average Bonchev–Trinajstić information content (AvgIpc) is 3.36. The van der Waals surface area contributed by atoms with Gasteiger partial charge in [0.25, 0.3) is 0 Å². The standard InChI is InChI=1S/C16H14BrNO4S/c17-13-6-8-14(9-7-13)23(20,21)16(11-18-16)15(19)22-10-12-4-2-1-3-5-12/h1-9,18H,10-11H2/t16-/m1/s1. The van der Waals surface area contributed by atoms with Gasteiger partial charge in [-0.15, -0.1) is 0 Å². The van der Waals surface area contributed by atoms with Crippen LogP contribution < -0.4 is 5.32 Å². The molecule has 0 spiro atoms. The Balaban J connectivity index is 1.78. The highest BCUT2D eigenvalue weighted by atomic mass is 79.9. The van der Waals surface area contributed by atoms with Crippen LogP contribution >= 0.6 is 15.9 Å². The smallest absolute Gasteiger partial charge is 0.344 e. The Labute approximate surface area is 142 Å². The molecule has 1 aliphatic heterocycles. The number of nitrogens with one attached hydrogen (secondary N) is 1. The molecule has 0 amide bonds. The van der Waals surface area contributed by atoms with Gasteiger partial charge in [0.05, 0.1) is 4.90 Å². The van der Waals surface area contributed by atoms with Crippen LogP contribution in [0.15, 0.2) is 64.0 Å². The lowest BCUT2D eigenvalue weighted by Gasteiger charge is -2.14. The molecule has 1 saturated heterocycles. The summed E-state index contributed by atoms with van der Waals surface area (Å²) in [6, 6.07) is 15.3. The molecule has 0 unspecified atom stereocenters. The van der Waals surface area contributed by atoms with Gasteiger partial charge in [0.2, 0.25) is 14.7 Å². The summed E-state index contributed by atoms with van der Waals surface area (Å²) in [5.74, 6) is -0.774. The third kappa shape index (κ3) is 3.04. The summed E-state index contributed by atoms with van der Waals surface area (Å²) in [6.45, 7) is 0.0952. The van der Waals surface area contributed by atoms with Crippen LogP contribution in [0.4, 0.5) is 0 Å². The van der Waals surface area contributed by atoms with E-state index in [1.165, 1.54) is 12.1 Å². The maximum atomic E-state index is 12.7. The van der Waals surface area contributed by atoms with Crippen molar-refractivity contribution >= 4 is 31.7 Å². The van der Waals surface area contributed by atoms with E-state index in [0.29, 0.717) is 0 Å². The van der Waals surface area contributed by atoms with Gasteiger partial charge >= 0.3 is 5.97 Å². The molecule has 0 aliphatic carbocycles. The Bertz CT molecular complexity index is 815. The van der Waals surface area contributed by atoms with Gasteiger partial charge in [-0.3, -0.25) is 5.32 Å². The van der Waals surface area contributed by atoms with Gasteiger partial charge in [-0.2, -0.15) is 0 Å². The van der Waals surface area contributed by atoms with Crippen molar-refractivity contribution in [3.05, 3.63) is 64.6 Å². The van der Waals surface area contributed by atoms with Crippen LogP contribution in [0.2, 0.25) is 0 Å². The summed E-state index contributed by atoms with van der Waals surface area (Å²) in [5, 5.41) is 2.66. The van der Waals surface area contributed by atoms with Crippen molar-refractivity contribution in [3.8, 4) is 0 Å². The van der Waals surface area contributed by atoms with Crippen molar-refractivity contribution in [3.63, 3.8) is 0 Å². The van der Waals surface area contributed by atoms with E-state index in [0.717, 1.165) is 10.0 Å². The van der Waals surface area contributed by atoms with Crippen molar-refractivity contribution < 1.29 is 17.9 Å². The van der Waals surface area contributed by atoms with E-state index >= 15 is 0 Å². The maximum absolute atomic E-state index is 12.7. The number of sulfone groups is 1. The monoisotopic (exact) mass is 395 g/mol. The third-order valence-corrected chi connectivity index (χ3v) is 6.42. The normalized spacial score (nSPS) is 20.0. The average molecular weight is 396 g/mol. The molecule has 23 heavy (non-hydrogen) atoms. The number of halogens is 1. The topological polar surface area (TPSA) is 82.4 Å². The highest BCUT2D eigenvalue weighted by Gasteiger charge is 2.62. The molecule has 1 N–H and O–H groups in total. The largest absolute Gasteiger partial charge is 0.459 e. The Hall–Kier alpha value is -1.70. The summed E-state index contributed by atoms with van der Waals surface area (Å²) in [4.78, 5) is 10.7. The van der Waals surface area contributed by atoms with Crippen LogP contribution in [-0.4, -0.2) is 25.8 Å². The van der Waals surface area contributed by atoms with Crippen LogP contribution in [0.3, 0.4) is 0 Å². The lowest BCUT2D eigenvalue weighted by molar-refractivity contribution is -0.145. The molecule has 1 aliphatic rings. The fourth-order valence-electron chi connectivity index (χ4n) is 2.18. The number of carbonyl (C=O) groups is 1. The summed E-state index contributed by atoms with van der Waals surface area (Å²) in [7, 11) is -3.85. The van der Waals surface area contributed by atoms with Gasteiger partial charge in [0.1, 0.15) is 6.61 Å². The first kappa shape index (κ1) is 16.2. The predicted octanol–water partition coefficient (Wildman–Crippen LogP) is 2.27. The fraction of sp³-hybridized carbons (Fsp3) is 0.188. The molecule has 2 aromatic rings. The molecule has 5 nitrogen and oxygen atoms in total. The van der Waals surface area contributed by atoms with E-state index in [9.17, 15) is 13.2 Å². The quantitative estimate of drug-likeness (QED) is 0.620. The number of benzene rings is 2. The Kier molecular flexibility index (Phi) is 4.27. The van der Waals surface area contributed by atoms with Crippen LogP contribution in [0, 0.1) is 0 Å². The number of hydrogen-bond donors (Lipinski definition) is 1. The van der Waals surface area contributed by atoms with E-state index < -0.39 is 20.7 Å². The van der Waals surface area contributed by atoms with Crippen molar-refractivity contribution in [2.75, 3.05) is 6.54 Å². The van der Waals surface area contributed by atoms with Gasteiger partial charge in [-0.05, 0) is 29.8 Å². The second-order valence-corrected chi connectivity index (χ2v) is 8.29. The van der Waals surface area contributed by atoms with Crippen molar-refractivity contribution in [2.45, 2.75) is 16.4 Å². The molecule has 2 aromatic carbocycles. The minimum absolute atomic E-state index is 0.0406. The first-order chi connectivity index (χ1) is 11.0. The molecule has 0 aromatic heterocycles. The summed E-state index contributed by atoms with van der Waals surface area (Å²) in [5.41, 5.74) is 0.803. The lowest BCUT2D eigenvalue weighted by Crippen LogP contribution is -2.38. The number of ether oxygens (including phenoxy) is 1. The number of carbonyl (C=O) groups excluding carboxylic acids is 1. The van der Waals surface area contributed by atoms with Gasteiger partial charge in [-0.25, -0.2) is 13.2 Å². The summed E-state index contributed by atoms with van der Waals surface area (Å²) < 4.78 is 31.4. The molecule has 1 fully saturated rings. The molecule has 0 bridgehead atoms. The van der Waals surface area contributed by atoms with Gasteiger partial charge < -0.3 is 4.74 Å². The number of rotatable bonds is 5. The number of esters is 1. The third-order valence-electron chi connectivity index (χ3n) is 3.62. The maximum Gasteiger partial charge on any atom is 0.344 e. The van der Waals surface area contributed by atoms with Crippen molar-refractivity contribution in [1.82, 2.24) is 5.32 Å². The van der Waals surface area contributed by atoms with Gasteiger partial charge in [0, 0.05) is 11.0 Å². The first-order valence-corrected chi connectivity index (χ1v) is 9.20. The van der Waals surface area contributed by atoms with Crippen LogP contribution in [0.25, 0.3) is 0 Å². The Morgan fingerprint density at radius 2 is 1.74 bits per heavy atom. The zero-order valence-corrected chi connectivity index (χ0v) is 14.4. The summed E-state index contributed by atoms with van der Waals surface area (Å²) >= 11 is 3.26. The van der Waals surface area contributed by atoms with E-state index in [-0.39, 0.29) is 18.0 Å². The Morgan fingerprint density at radius 3 is 2.30 bits per heavy atom. The van der Waals surface area contributed by atoms with Crippen LogP contribution in [0.5, 0.6) is 0 Å². The number of hydrogen-bond acceptors (Lipinski definition) is 5. The molecule has 120 valence electrons. The predicted molar refractivity (Wildman–Crippen MR) is 88.3 cm³/mol. The molecule has 0 saturated carbocycles. The van der Waals surface area contributed by atoms with Crippen molar-refractivity contribution in [2.24, 2.45) is 0 Å². The fourth-order valence-corrected chi connectivity index (χ4v) is 4.07. The zero-order chi connectivity index (χ0) is 16.5. The van der Waals surface area contributed by atoms with E-state index in [1.807, 2.05) is 30.3 Å². The minimum Gasteiger partial charge on any atom is -0.459 e.